The van der Waals surface area contributed by atoms with E-state index in [0.717, 1.165) is 5.75 Å². The van der Waals surface area contributed by atoms with Crippen molar-refractivity contribution in [3.8, 4) is 0 Å². The van der Waals surface area contributed by atoms with Crippen LogP contribution in [0.2, 0.25) is 19.1 Å². The molecule has 0 unspecified atom stereocenters. The van der Waals surface area contributed by atoms with Crippen LogP contribution in [0.15, 0.2) is 0 Å². The van der Waals surface area contributed by atoms with Gasteiger partial charge in [-0.3, -0.25) is 0 Å². The molecule has 80 valence electrons. The number of thiol groups is 1. The van der Waals surface area contributed by atoms with E-state index >= 15 is 0 Å². The third-order valence-corrected chi connectivity index (χ3v) is 4.61. The molecule has 0 saturated carbocycles. The van der Waals surface area contributed by atoms with Gasteiger partial charge in [0.25, 0.3) is 0 Å². The van der Waals surface area contributed by atoms with Gasteiger partial charge in [-0.1, -0.05) is 45.2 Å². The van der Waals surface area contributed by atoms with Gasteiger partial charge >= 0.3 is 0 Å². The van der Waals surface area contributed by atoms with Crippen LogP contribution in [0.3, 0.4) is 0 Å². The maximum absolute atomic E-state index is 6.22. The van der Waals surface area contributed by atoms with Crippen molar-refractivity contribution in [2.45, 2.75) is 57.7 Å². The Morgan fingerprint density at radius 1 is 0.923 bits per heavy atom. The second-order valence-electron chi connectivity index (χ2n) is 4.31. The summed E-state index contributed by atoms with van der Waals surface area (Å²) >= 11 is 10.4. The van der Waals surface area contributed by atoms with Gasteiger partial charge in [-0.25, -0.2) is 0 Å². The Morgan fingerprint density at radius 3 is 1.85 bits per heavy atom. The number of unbranched alkanes of at least 4 members (excludes halogenated alkanes) is 5. The number of halogens is 1. The van der Waals surface area contributed by atoms with Crippen LogP contribution in [-0.2, 0) is 0 Å². The molecule has 0 heterocycles. The Kier molecular flexibility index (Phi) is 8.73. The van der Waals surface area contributed by atoms with Gasteiger partial charge in [0.15, 0.2) is 0 Å². The maximum Gasteiger partial charge on any atom is 0.150 e. The van der Waals surface area contributed by atoms with Gasteiger partial charge in [-0.2, -0.15) is 23.7 Å². The molecular weight excluding hydrogens is 216 g/mol. The Morgan fingerprint density at radius 2 is 1.38 bits per heavy atom. The fourth-order valence-corrected chi connectivity index (χ4v) is 3.08. The van der Waals surface area contributed by atoms with E-state index in [4.69, 9.17) is 11.1 Å². The normalized spacial score (nSPS) is 12.0. The number of hydrogen-bond donors (Lipinski definition) is 1. The van der Waals surface area contributed by atoms with Crippen molar-refractivity contribution < 1.29 is 0 Å². The summed E-state index contributed by atoms with van der Waals surface area (Å²) < 4.78 is 0. The molecule has 13 heavy (non-hydrogen) atoms. The highest BCUT2D eigenvalue weighted by Gasteiger charge is 2.15. The maximum atomic E-state index is 6.22. The highest BCUT2D eigenvalue weighted by molar-refractivity contribution is 7.80. The van der Waals surface area contributed by atoms with Gasteiger partial charge in [-0.05, 0) is 18.2 Å². The molecule has 0 amide bonds. The van der Waals surface area contributed by atoms with Crippen molar-refractivity contribution in [2.75, 3.05) is 5.75 Å². The molecule has 0 N–H and O–H groups in total. The van der Waals surface area contributed by atoms with Crippen LogP contribution in [0.4, 0.5) is 0 Å². The van der Waals surface area contributed by atoms with Crippen LogP contribution < -0.4 is 0 Å². The lowest BCUT2D eigenvalue weighted by Gasteiger charge is -2.11. The van der Waals surface area contributed by atoms with E-state index < -0.39 is 7.38 Å². The first-order chi connectivity index (χ1) is 6.06. The largest absolute Gasteiger partial charge is 0.179 e. The molecule has 0 radical (unpaired) electrons. The zero-order valence-electron chi connectivity index (χ0n) is 8.98. The van der Waals surface area contributed by atoms with E-state index in [0.29, 0.717) is 0 Å². The minimum atomic E-state index is -1.27. The van der Waals surface area contributed by atoms with Gasteiger partial charge in [0.05, 0.1) is 0 Å². The quantitative estimate of drug-likeness (QED) is 0.270. The van der Waals surface area contributed by atoms with Crippen molar-refractivity contribution in [3.05, 3.63) is 0 Å². The zero-order valence-corrected chi connectivity index (χ0v) is 11.6. The third kappa shape index (κ3) is 12.9. The molecule has 0 rings (SSSR count). The predicted octanol–water partition coefficient (Wildman–Crippen LogP) is 4.70. The monoisotopic (exact) mass is 238 g/mol. The first-order valence-corrected chi connectivity index (χ1v) is 10.2. The fourth-order valence-electron chi connectivity index (χ4n) is 1.36. The Balaban J connectivity index is 3.00. The van der Waals surface area contributed by atoms with Gasteiger partial charge in [0, 0.05) is 0 Å². The lowest BCUT2D eigenvalue weighted by molar-refractivity contribution is 0.625. The molecule has 0 fully saturated rings. The summed E-state index contributed by atoms with van der Waals surface area (Å²) in [5, 5.41) is 0. The summed E-state index contributed by atoms with van der Waals surface area (Å²) in [6.07, 6.45) is 8.10. The highest BCUT2D eigenvalue weighted by Crippen LogP contribution is 2.19. The topological polar surface area (TPSA) is 0 Å². The summed E-state index contributed by atoms with van der Waals surface area (Å²) in [5.74, 6) is 1.04. The summed E-state index contributed by atoms with van der Waals surface area (Å²) in [4.78, 5) is 0. The van der Waals surface area contributed by atoms with Crippen LogP contribution in [0.5, 0.6) is 0 Å². The number of hydrogen-bond acceptors (Lipinski definition) is 1. The molecule has 0 aromatic rings. The Bertz CT molecular complexity index is 112. The van der Waals surface area contributed by atoms with Crippen LogP contribution in [0.1, 0.15) is 38.5 Å². The van der Waals surface area contributed by atoms with E-state index in [1.807, 2.05) is 0 Å². The molecule has 0 aliphatic heterocycles. The molecule has 0 atom stereocenters. The van der Waals surface area contributed by atoms with Crippen LogP contribution in [0.25, 0.3) is 0 Å². The average molecular weight is 239 g/mol. The average Bonchev–Trinajstić information content (AvgIpc) is 2.01. The molecule has 0 aromatic carbocycles. The second kappa shape index (κ2) is 8.19. The zero-order chi connectivity index (χ0) is 10.2. The molecular formula is C10H23ClSSi. The van der Waals surface area contributed by atoms with Crippen LogP contribution in [0, 0.1) is 0 Å². The lowest BCUT2D eigenvalue weighted by atomic mass is 10.1. The first-order valence-electron chi connectivity index (χ1n) is 5.36. The van der Waals surface area contributed by atoms with E-state index in [-0.39, 0.29) is 0 Å². The van der Waals surface area contributed by atoms with E-state index in [1.165, 1.54) is 44.6 Å². The molecule has 3 heteroatoms. The summed E-state index contributed by atoms with van der Waals surface area (Å²) in [7, 11) is -1.27. The Labute approximate surface area is 94.6 Å². The molecule has 0 nitrogen and oxygen atoms in total. The molecule has 0 aromatic heterocycles. The van der Waals surface area contributed by atoms with Crippen LogP contribution >= 0.6 is 23.7 Å². The van der Waals surface area contributed by atoms with Crippen LogP contribution in [-0.4, -0.2) is 13.1 Å². The standard InChI is InChI=1S/C10H23ClSSi/c1-13(2,11)10-8-6-4-3-5-7-9-12/h12H,3-10H2,1-2H3. The first kappa shape index (κ1) is 13.9. The summed E-state index contributed by atoms with van der Waals surface area (Å²) in [6.45, 7) is 4.46. The number of rotatable bonds is 8. The summed E-state index contributed by atoms with van der Waals surface area (Å²) in [6, 6.07) is 1.28. The molecule has 0 aliphatic rings. The van der Waals surface area contributed by atoms with Crippen molar-refractivity contribution in [1.82, 2.24) is 0 Å². The van der Waals surface area contributed by atoms with Crippen molar-refractivity contribution in [2.24, 2.45) is 0 Å². The predicted molar refractivity (Wildman–Crippen MR) is 69.7 cm³/mol. The molecule has 0 saturated heterocycles. The molecule has 0 bridgehead atoms. The minimum Gasteiger partial charge on any atom is -0.179 e. The lowest BCUT2D eigenvalue weighted by Crippen LogP contribution is -2.14. The Hall–Kier alpha value is 0.857. The van der Waals surface area contributed by atoms with E-state index in [2.05, 4.69) is 25.7 Å². The summed E-state index contributed by atoms with van der Waals surface area (Å²) in [5.41, 5.74) is 0. The SMILES string of the molecule is C[Si](C)(Cl)CCCCCCCCS. The van der Waals surface area contributed by atoms with Gasteiger partial charge in [-0.15, -0.1) is 0 Å². The van der Waals surface area contributed by atoms with Crippen molar-refractivity contribution in [1.29, 1.82) is 0 Å². The van der Waals surface area contributed by atoms with Gasteiger partial charge < -0.3 is 0 Å². The van der Waals surface area contributed by atoms with Gasteiger partial charge in [0.2, 0.25) is 0 Å². The van der Waals surface area contributed by atoms with E-state index in [9.17, 15) is 0 Å². The minimum absolute atomic E-state index is 1.04. The van der Waals surface area contributed by atoms with Gasteiger partial charge in [0.1, 0.15) is 7.38 Å². The molecule has 0 aliphatic carbocycles. The van der Waals surface area contributed by atoms with Crippen molar-refractivity contribution >= 4 is 31.1 Å². The fraction of sp³-hybridized carbons (Fsp3) is 1.00. The third-order valence-electron chi connectivity index (χ3n) is 2.18. The highest BCUT2D eigenvalue weighted by atomic mass is 35.6. The molecule has 0 spiro atoms. The smallest absolute Gasteiger partial charge is 0.150 e. The van der Waals surface area contributed by atoms with E-state index in [1.54, 1.807) is 0 Å². The second-order valence-corrected chi connectivity index (χ2v) is 11.8. The van der Waals surface area contributed by atoms with Crippen molar-refractivity contribution in [3.63, 3.8) is 0 Å².